The van der Waals surface area contributed by atoms with Crippen LogP contribution in [0.3, 0.4) is 0 Å². The molecule has 7 nitrogen and oxygen atoms in total. The number of aliphatic carboxylic acids is 1. The first-order chi connectivity index (χ1) is 15.1. The van der Waals surface area contributed by atoms with Crippen LogP contribution in [0.2, 0.25) is 0 Å². The maximum absolute atomic E-state index is 13.2. The van der Waals surface area contributed by atoms with Gasteiger partial charge in [-0.2, -0.15) is 5.10 Å². The van der Waals surface area contributed by atoms with Crippen LogP contribution >= 0.6 is 0 Å². The predicted octanol–water partition coefficient (Wildman–Crippen LogP) is 3.58. The molecule has 7 heteroatoms. The minimum absolute atomic E-state index is 0.206. The summed E-state index contributed by atoms with van der Waals surface area (Å²) in [5.74, 6) is -1.07. The van der Waals surface area contributed by atoms with Gasteiger partial charge in [0.1, 0.15) is 6.04 Å². The number of carboxylic acid groups (broad SMARTS) is 1. The molecule has 0 aliphatic carbocycles. The monoisotopic (exact) mass is 410 g/mol. The number of hydrogen-bond donors (Lipinski definition) is 1. The average Bonchev–Trinajstić information content (AvgIpc) is 3.24. The number of carboxylic acids is 1. The fourth-order valence-electron chi connectivity index (χ4n) is 3.84. The van der Waals surface area contributed by atoms with Crippen LogP contribution in [0, 0.1) is 0 Å². The molecule has 0 amide bonds. The quantitative estimate of drug-likeness (QED) is 0.478. The van der Waals surface area contributed by atoms with Crippen LogP contribution in [0.15, 0.2) is 90.1 Å². The highest BCUT2D eigenvalue weighted by Gasteiger charge is 2.23. The lowest BCUT2D eigenvalue weighted by molar-refractivity contribution is -0.141. The summed E-state index contributed by atoms with van der Waals surface area (Å²) in [5.41, 5.74) is 3.49. The molecule has 152 valence electrons. The Hall–Kier alpha value is -4.26. The van der Waals surface area contributed by atoms with Gasteiger partial charge in [-0.05, 0) is 17.2 Å². The molecule has 0 saturated carbocycles. The van der Waals surface area contributed by atoms with E-state index in [2.05, 4.69) is 10.1 Å². The van der Waals surface area contributed by atoms with Crippen molar-refractivity contribution >= 4 is 22.5 Å². The standard InChI is InChI=1S/C24H18N4O3/c29-23-19-14-25-22-18(17-9-5-2-6-10-17)15-26-28(22)20(19)11-12-27(23)21(24(30)31)13-16-7-3-1-4-8-16/h1-12,14-15,21H,13H2,(H,30,31)/t21-/m0/s1. The molecule has 0 saturated heterocycles. The molecule has 0 radical (unpaired) electrons. The first kappa shape index (κ1) is 18.7. The molecule has 3 heterocycles. The zero-order chi connectivity index (χ0) is 21.4. The third-order valence-corrected chi connectivity index (χ3v) is 5.40. The van der Waals surface area contributed by atoms with Crippen LogP contribution in [-0.4, -0.2) is 30.2 Å². The molecule has 1 atom stereocenters. The molecule has 0 bridgehead atoms. The minimum Gasteiger partial charge on any atom is -0.480 e. The molecular weight excluding hydrogens is 392 g/mol. The van der Waals surface area contributed by atoms with Crippen LogP contribution in [0.5, 0.6) is 0 Å². The number of carbonyl (C=O) groups is 1. The SMILES string of the molecule is O=C(O)[C@H](Cc1ccccc1)n1ccc2c(cnc3c(-c4ccccc4)cnn32)c1=O. The van der Waals surface area contributed by atoms with Gasteiger partial charge in [0.15, 0.2) is 5.65 Å². The number of pyridine rings is 1. The number of aromatic nitrogens is 4. The lowest BCUT2D eigenvalue weighted by atomic mass is 10.1. The normalized spacial score (nSPS) is 12.3. The second kappa shape index (κ2) is 7.53. The van der Waals surface area contributed by atoms with Gasteiger partial charge in [-0.15, -0.1) is 0 Å². The highest BCUT2D eigenvalue weighted by molar-refractivity contribution is 5.85. The number of benzene rings is 2. The van der Waals surface area contributed by atoms with Crippen LogP contribution in [-0.2, 0) is 11.2 Å². The highest BCUT2D eigenvalue weighted by Crippen LogP contribution is 2.25. The van der Waals surface area contributed by atoms with E-state index >= 15 is 0 Å². The average molecular weight is 410 g/mol. The van der Waals surface area contributed by atoms with Crippen molar-refractivity contribution in [2.75, 3.05) is 0 Å². The molecule has 0 fully saturated rings. The maximum atomic E-state index is 13.2. The summed E-state index contributed by atoms with van der Waals surface area (Å²) < 4.78 is 2.88. The van der Waals surface area contributed by atoms with E-state index in [0.29, 0.717) is 16.6 Å². The van der Waals surface area contributed by atoms with E-state index in [1.807, 2.05) is 60.7 Å². The molecule has 5 aromatic rings. The second-order valence-electron chi connectivity index (χ2n) is 7.29. The van der Waals surface area contributed by atoms with E-state index in [4.69, 9.17) is 0 Å². The summed E-state index contributed by atoms with van der Waals surface area (Å²) in [6.07, 6.45) is 4.95. The van der Waals surface area contributed by atoms with Crippen LogP contribution in [0.1, 0.15) is 11.6 Å². The van der Waals surface area contributed by atoms with Crippen molar-refractivity contribution in [2.45, 2.75) is 12.5 Å². The third kappa shape index (κ3) is 3.26. The lowest BCUT2D eigenvalue weighted by Crippen LogP contribution is -2.31. The van der Waals surface area contributed by atoms with E-state index in [1.54, 1.807) is 16.8 Å². The maximum Gasteiger partial charge on any atom is 0.327 e. The smallest absolute Gasteiger partial charge is 0.327 e. The van der Waals surface area contributed by atoms with Gasteiger partial charge in [0.25, 0.3) is 5.56 Å². The zero-order valence-corrected chi connectivity index (χ0v) is 16.4. The minimum atomic E-state index is -1.07. The van der Waals surface area contributed by atoms with Crippen LogP contribution in [0.25, 0.3) is 27.7 Å². The Kier molecular flexibility index (Phi) is 4.55. The lowest BCUT2D eigenvalue weighted by Gasteiger charge is -2.16. The Morgan fingerprint density at radius 2 is 1.68 bits per heavy atom. The third-order valence-electron chi connectivity index (χ3n) is 5.40. The van der Waals surface area contributed by atoms with Gasteiger partial charge in [0.05, 0.1) is 17.1 Å². The van der Waals surface area contributed by atoms with E-state index in [0.717, 1.165) is 16.7 Å². The predicted molar refractivity (Wildman–Crippen MR) is 117 cm³/mol. The molecule has 2 aromatic carbocycles. The number of fused-ring (bicyclic) bond motifs is 3. The number of nitrogens with zero attached hydrogens (tertiary/aromatic N) is 4. The summed E-state index contributed by atoms with van der Waals surface area (Å²) in [6, 6.07) is 19.7. The molecular formula is C24H18N4O3. The van der Waals surface area contributed by atoms with Gasteiger partial charge in [0, 0.05) is 24.4 Å². The van der Waals surface area contributed by atoms with Gasteiger partial charge in [-0.1, -0.05) is 60.7 Å². The summed E-state index contributed by atoms with van der Waals surface area (Å²) in [7, 11) is 0. The molecule has 31 heavy (non-hydrogen) atoms. The van der Waals surface area contributed by atoms with Gasteiger partial charge < -0.3 is 9.67 Å². The Morgan fingerprint density at radius 1 is 0.968 bits per heavy atom. The molecule has 0 aliphatic rings. The zero-order valence-electron chi connectivity index (χ0n) is 16.4. The first-order valence-corrected chi connectivity index (χ1v) is 9.83. The van der Waals surface area contributed by atoms with Crippen molar-refractivity contribution in [1.82, 2.24) is 19.2 Å². The van der Waals surface area contributed by atoms with E-state index < -0.39 is 17.6 Å². The van der Waals surface area contributed by atoms with E-state index in [9.17, 15) is 14.7 Å². The van der Waals surface area contributed by atoms with E-state index in [1.165, 1.54) is 17.0 Å². The van der Waals surface area contributed by atoms with Gasteiger partial charge in [-0.3, -0.25) is 4.79 Å². The highest BCUT2D eigenvalue weighted by atomic mass is 16.4. The molecule has 3 aromatic heterocycles. The Bertz CT molecular complexity index is 1460. The molecule has 1 N–H and O–H groups in total. The van der Waals surface area contributed by atoms with E-state index in [-0.39, 0.29) is 6.42 Å². The van der Waals surface area contributed by atoms with Gasteiger partial charge in [0.2, 0.25) is 0 Å². The van der Waals surface area contributed by atoms with Crippen molar-refractivity contribution in [3.63, 3.8) is 0 Å². The molecule has 0 aliphatic heterocycles. The Labute approximate surface area is 176 Å². The van der Waals surface area contributed by atoms with Crippen LogP contribution in [0.4, 0.5) is 0 Å². The van der Waals surface area contributed by atoms with Crippen molar-refractivity contribution < 1.29 is 9.90 Å². The molecule has 5 rings (SSSR count). The first-order valence-electron chi connectivity index (χ1n) is 9.83. The Balaban J connectivity index is 1.63. The topological polar surface area (TPSA) is 89.5 Å². The van der Waals surface area contributed by atoms with Crippen molar-refractivity contribution in [3.05, 3.63) is 101 Å². The van der Waals surface area contributed by atoms with Crippen LogP contribution < -0.4 is 5.56 Å². The summed E-state index contributed by atoms with van der Waals surface area (Å²) in [5, 5.41) is 14.5. The summed E-state index contributed by atoms with van der Waals surface area (Å²) >= 11 is 0. The summed E-state index contributed by atoms with van der Waals surface area (Å²) in [6.45, 7) is 0. The number of hydrogen-bond acceptors (Lipinski definition) is 4. The van der Waals surface area contributed by atoms with Gasteiger partial charge in [-0.25, -0.2) is 14.3 Å². The fourth-order valence-corrected chi connectivity index (χ4v) is 3.84. The Morgan fingerprint density at radius 3 is 2.39 bits per heavy atom. The van der Waals surface area contributed by atoms with Crippen molar-refractivity contribution in [3.8, 4) is 11.1 Å². The fraction of sp³-hybridized carbons (Fsp3) is 0.0833. The molecule has 0 unspecified atom stereocenters. The molecule has 0 spiro atoms. The largest absolute Gasteiger partial charge is 0.480 e. The summed E-state index contributed by atoms with van der Waals surface area (Å²) in [4.78, 5) is 29.7. The number of rotatable bonds is 5. The van der Waals surface area contributed by atoms with Crippen molar-refractivity contribution in [2.24, 2.45) is 0 Å². The van der Waals surface area contributed by atoms with Gasteiger partial charge >= 0.3 is 5.97 Å². The second-order valence-corrected chi connectivity index (χ2v) is 7.29. The van der Waals surface area contributed by atoms with Crippen molar-refractivity contribution in [1.29, 1.82) is 0 Å².